The van der Waals surface area contributed by atoms with Crippen molar-refractivity contribution in [3.8, 4) is 23.5 Å². The Kier molecular flexibility index (Phi) is 4.03. The lowest BCUT2D eigenvalue weighted by molar-refractivity contribution is 0.972. The second-order valence-corrected chi connectivity index (χ2v) is 4.64. The highest BCUT2D eigenvalue weighted by Gasteiger charge is 2.01. The number of hydrogen-bond acceptors (Lipinski definition) is 3. The fourth-order valence-corrected chi connectivity index (χ4v) is 1.97. The van der Waals surface area contributed by atoms with Gasteiger partial charge in [0.25, 0.3) is 0 Å². The fourth-order valence-electron chi connectivity index (χ4n) is 1.31. The van der Waals surface area contributed by atoms with E-state index in [4.69, 9.17) is 18.0 Å². The maximum Gasteiger partial charge on any atom is 0.188 e. The zero-order chi connectivity index (χ0) is 12.1. The number of aromatic nitrogens is 2. The average molecular weight is 261 g/mol. The molecule has 0 aliphatic carbocycles. The molecular weight excluding hydrogens is 252 g/mol. The molecule has 0 aliphatic rings. The summed E-state index contributed by atoms with van der Waals surface area (Å²) in [5.74, 6) is 3.12. The first-order valence-electron chi connectivity index (χ1n) is 4.94. The van der Waals surface area contributed by atoms with Gasteiger partial charge in [-0.15, -0.1) is 6.42 Å². The maximum atomic E-state index is 5.93. The van der Waals surface area contributed by atoms with Crippen LogP contribution in [0.5, 0.6) is 0 Å². The van der Waals surface area contributed by atoms with Crippen LogP contribution in [0.3, 0.4) is 0 Å². The molecule has 0 spiro atoms. The Labute approximate surface area is 109 Å². The van der Waals surface area contributed by atoms with Gasteiger partial charge in [0, 0.05) is 23.0 Å². The highest BCUT2D eigenvalue weighted by Crippen LogP contribution is 2.22. The van der Waals surface area contributed by atoms with Crippen molar-refractivity contribution in [1.29, 1.82) is 0 Å². The van der Waals surface area contributed by atoms with E-state index >= 15 is 0 Å². The van der Waals surface area contributed by atoms with E-state index in [1.165, 1.54) is 11.8 Å². The topological polar surface area (TPSA) is 25.8 Å². The fraction of sp³-hybridized carbons (Fsp3) is 0.0769. The predicted octanol–water partition coefficient (Wildman–Crippen LogP) is 3.52. The van der Waals surface area contributed by atoms with Gasteiger partial charge in [0.1, 0.15) is 0 Å². The van der Waals surface area contributed by atoms with Crippen molar-refractivity contribution >= 4 is 23.4 Å². The summed E-state index contributed by atoms with van der Waals surface area (Å²) in [6.45, 7) is 0. The molecule has 84 valence electrons. The molecule has 0 fully saturated rings. The van der Waals surface area contributed by atoms with Crippen molar-refractivity contribution in [2.45, 2.75) is 5.16 Å². The average Bonchev–Trinajstić information content (AvgIpc) is 2.37. The summed E-state index contributed by atoms with van der Waals surface area (Å²) in [6, 6.07) is 7.59. The number of nitrogens with zero attached hydrogens (tertiary/aromatic N) is 2. The van der Waals surface area contributed by atoms with Gasteiger partial charge in [0.15, 0.2) is 5.16 Å². The second kappa shape index (κ2) is 5.72. The van der Waals surface area contributed by atoms with Crippen LogP contribution < -0.4 is 0 Å². The minimum absolute atomic E-state index is 0.580. The molecule has 1 aromatic carbocycles. The summed E-state index contributed by atoms with van der Waals surface area (Å²) in [5.41, 5.74) is 1.95. The van der Waals surface area contributed by atoms with E-state index in [9.17, 15) is 0 Å². The molecule has 0 saturated carbocycles. The Bertz CT molecular complexity index is 546. The summed E-state index contributed by atoms with van der Waals surface area (Å²) >= 11 is 7.37. The number of thioether (sulfide) groups is 1. The number of hydrogen-bond donors (Lipinski definition) is 0. The van der Waals surface area contributed by atoms with Crippen LogP contribution in [-0.4, -0.2) is 15.7 Å². The van der Waals surface area contributed by atoms with Gasteiger partial charge in [-0.2, -0.15) is 0 Å². The number of benzene rings is 1. The van der Waals surface area contributed by atoms with Crippen molar-refractivity contribution < 1.29 is 0 Å². The van der Waals surface area contributed by atoms with E-state index in [0.717, 1.165) is 11.1 Å². The van der Waals surface area contributed by atoms with E-state index in [0.29, 0.717) is 15.9 Å². The first-order chi connectivity index (χ1) is 8.29. The molecule has 0 saturated heterocycles. The van der Waals surface area contributed by atoms with Crippen LogP contribution in [0.1, 0.15) is 0 Å². The molecule has 2 aromatic rings. The van der Waals surface area contributed by atoms with Crippen LogP contribution in [0.4, 0.5) is 0 Å². The lowest BCUT2D eigenvalue weighted by Gasteiger charge is -2.02. The first-order valence-corrected chi connectivity index (χ1v) is 6.30. The SMILES string of the molecule is C#CCSc1ncc(-c2cccc(Cl)c2)cn1. The molecule has 1 heterocycles. The maximum absolute atomic E-state index is 5.93. The van der Waals surface area contributed by atoms with Gasteiger partial charge in [-0.25, -0.2) is 9.97 Å². The minimum Gasteiger partial charge on any atom is -0.230 e. The molecular formula is C13H9ClN2S. The molecule has 0 amide bonds. The van der Waals surface area contributed by atoms with Crippen molar-refractivity contribution in [1.82, 2.24) is 9.97 Å². The summed E-state index contributed by atoms with van der Waals surface area (Å²) in [7, 11) is 0. The molecule has 1 aromatic heterocycles. The third kappa shape index (κ3) is 3.23. The van der Waals surface area contributed by atoms with E-state index in [-0.39, 0.29) is 0 Å². The number of rotatable bonds is 3. The third-order valence-electron chi connectivity index (χ3n) is 2.07. The zero-order valence-corrected chi connectivity index (χ0v) is 10.5. The summed E-state index contributed by atoms with van der Waals surface area (Å²) in [4.78, 5) is 8.47. The van der Waals surface area contributed by atoms with Crippen LogP contribution >= 0.6 is 23.4 Å². The summed E-state index contributed by atoms with van der Waals surface area (Å²) in [5, 5.41) is 1.39. The molecule has 4 heteroatoms. The van der Waals surface area contributed by atoms with E-state index in [1.54, 1.807) is 12.4 Å². The molecule has 0 bridgehead atoms. The van der Waals surface area contributed by atoms with Crippen LogP contribution in [0.2, 0.25) is 5.02 Å². The van der Waals surface area contributed by atoms with Crippen molar-refractivity contribution in [2.75, 3.05) is 5.75 Å². The zero-order valence-electron chi connectivity index (χ0n) is 8.93. The Balaban J connectivity index is 2.21. The molecule has 2 nitrogen and oxygen atoms in total. The normalized spacial score (nSPS) is 9.88. The van der Waals surface area contributed by atoms with Gasteiger partial charge in [-0.3, -0.25) is 0 Å². The number of halogens is 1. The molecule has 0 N–H and O–H groups in total. The van der Waals surface area contributed by atoms with Gasteiger partial charge in [0.2, 0.25) is 0 Å². The molecule has 0 aliphatic heterocycles. The van der Waals surface area contributed by atoms with E-state index in [1.807, 2.05) is 24.3 Å². The molecule has 0 atom stereocenters. The highest BCUT2D eigenvalue weighted by molar-refractivity contribution is 7.99. The number of terminal acetylenes is 1. The van der Waals surface area contributed by atoms with Gasteiger partial charge in [-0.1, -0.05) is 41.4 Å². The lowest BCUT2D eigenvalue weighted by atomic mass is 10.1. The molecule has 0 radical (unpaired) electrons. The van der Waals surface area contributed by atoms with Crippen molar-refractivity contribution in [3.05, 3.63) is 41.7 Å². The van der Waals surface area contributed by atoms with E-state index < -0.39 is 0 Å². The first kappa shape index (κ1) is 12.0. The second-order valence-electron chi connectivity index (χ2n) is 3.26. The quantitative estimate of drug-likeness (QED) is 0.480. The smallest absolute Gasteiger partial charge is 0.188 e. The highest BCUT2D eigenvalue weighted by atomic mass is 35.5. The van der Waals surface area contributed by atoms with Gasteiger partial charge in [0.05, 0.1) is 5.75 Å². The molecule has 2 rings (SSSR count). The van der Waals surface area contributed by atoms with Gasteiger partial charge < -0.3 is 0 Å². The minimum atomic E-state index is 0.580. The summed E-state index contributed by atoms with van der Waals surface area (Å²) < 4.78 is 0. The van der Waals surface area contributed by atoms with Crippen LogP contribution in [0.15, 0.2) is 41.8 Å². The molecule has 0 unspecified atom stereocenters. The summed E-state index contributed by atoms with van der Waals surface area (Å²) in [6.07, 6.45) is 8.72. The Morgan fingerprint density at radius 3 is 2.65 bits per heavy atom. The van der Waals surface area contributed by atoms with E-state index in [2.05, 4.69) is 15.9 Å². The van der Waals surface area contributed by atoms with Crippen LogP contribution in [0.25, 0.3) is 11.1 Å². The van der Waals surface area contributed by atoms with Crippen LogP contribution in [-0.2, 0) is 0 Å². The lowest BCUT2D eigenvalue weighted by Crippen LogP contribution is -1.88. The van der Waals surface area contributed by atoms with Gasteiger partial charge >= 0.3 is 0 Å². The largest absolute Gasteiger partial charge is 0.230 e. The molecule has 17 heavy (non-hydrogen) atoms. The Hall–Kier alpha value is -1.50. The third-order valence-corrected chi connectivity index (χ3v) is 3.09. The van der Waals surface area contributed by atoms with Crippen LogP contribution in [0, 0.1) is 12.3 Å². The van der Waals surface area contributed by atoms with Gasteiger partial charge in [-0.05, 0) is 17.7 Å². The predicted molar refractivity (Wildman–Crippen MR) is 72.0 cm³/mol. The van der Waals surface area contributed by atoms with Crippen molar-refractivity contribution in [3.63, 3.8) is 0 Å². The Morgan fingerprint density at radius 2 is 2.00 bits per heavy atom. The Morgan fingerprint density at radius 1 is 1.24 bits per heavy atom. The van der Waals surface area contributed by atoms with Crippen molar-refractivity contribution in [2.24, 2.45) is 0 Å². The monoisotopic (exact) mass is 260 g/mol. The standard InChI is InChI=1S/C13H9ClN2S/c1-2-6-17-13-15-8-11(9-16-13)10-4-3-5-12(14)7-10/h1,3-5,7-9H,6H2.